The number of esters is 1. The standard InChI is InChI=1S/C6H5NO3/c1-3-2-4(8)5(7)6(9)10-3/h2,7H,1H3. The molecule has 1 aliphatic heterocycles. The SMILES string of the molecule is CC1=CC(=O)C(=N)C(=O)O1. The molecule has 0 aliphatic carbocycles. The van der Waals surface area contributed by atoms with Crippen molar-refractivity contribution in [3.05, 3.63) is 11.8 Å². The third kappa shape index (κ3) is 0.953. The summed E-state index contributed by atoms with van der Waals surface area (Å²) in [5, 5.41) is 6.82. The number of cyclic esters (lactones) is 1. The Hall–Kier alpha value is -1.45. The summed E-state index contributed by atoms with van der Waals surface area (Å²) in [6.07, 6.45) is 1.11. The van der Waals surface area contributed by atoms with Gasteiger partial charge >= 0.3 is 5.97 Å². The molecule has 52 valence electrons. The van der Waals surface area contributed by atoms with Crippen LogP contribution in [0.5, 0.6) is 0 Å². The molecule has 0 radical (unpaired) electrons. The van der Waals surface area contributed by atoms with Crippen LogP contribution in [0.15, 0.2) is 11.8 Å². The zero-order valence-corrected chi connectivity index (χ0v) is 5.30. The second-order valence-electron chi connectivity index (χ2n) is 1.88. The molecule has 4 nitrogen and oxygen atoms in total. The van der Waals surface area contributed by atoms with Crippen molar-refractivity contribution in [3.63, 3.8) is 0 Å². The Morgan fingerprint density at radius 3 is 2.60 bits per heavy atom. The molecule has 0 saturated carbocycles. The minimum atomic E-state index is -0.870. The summed E-state index contributed by atoms with van der Waals surface area (Å²) in [5.41, 5.74) is -0.606. The van der Waals surface area contributed by atoms with Crippen molar-refractivity contribution < 1.29 is 14.3 Å². The fourth-order valence-electron chi connectivity index (χ4n) is 0.584. The van der Waals surface area contributed by atoms with Gasteiger partial charge in [-0.3, -0.25) is 10.2 Å². The summed E-state index contributed by atoms with van der Waals surface area (Å²) < 4.78 is 4.45. The number of allylic oxidation sites excluding steroid dienone is 2. The lowest BCUT2D eigenvalue weighted by molar-refractivity contribution is -0.133. The van der Waals surface area contributed by atoms with Crippen LogP contribution in [0, 0.1) is 5.41 Å². The van der Waals surface area contributed by atoms with Gasteiger partial charge in [0.25, 0.3) is 0 Å². The van der Waals surface area contributed by atoms with E-state index in [2.05, 4.69) is 4.74 Å². The van der Waals surface area contributed by atoms with Gasteiger partial charge in [0.2, 0.25) is 5.78 Å². The average Bonchev–Trinajstić information content (AvgIpc) is 1.82. The zero-order chi connectivity index (χ0) is 7.72. The van der Waals surface area contributed by atoms with Gasteiger partial charge in [-0.1, -0.05) is 0 Å². The predicted octanol–water partition coefficient (Wildman–Crippen LogP) is 0.0359. The van der Waals surface area contributed by atoms with Gasteiger partial charge in [0.05, 0.1) is 0 Å². The molecule has 0 bridgehead atoms. The van der Waals surface area contributed by atoms with E-state index < -0.39 is 17.5 Å². The van der Waals surface area contributed by atoms with Gasteiger partial charge in [-0.05, 0) is 6.92 Å². The maximum Gasteiger partial charge on any atom is 0.365 e. The first-order valence-electron chi connectivity index (χ1n) is 2.64. The second kappa shape index (κ2) is 2.06. The van der Waals surface area contributed by atoms with Crippen LogP contribution < -0.4 is 0 Å². The van der Waals surface area contributed by atoms with Crippen LogP contribution in [0.4, 0.5) is 0 Å². The second-order valence-corrected chi connectivity index (χ2v) is 1.88. The normalized spacial score (nSPS) is 18.5. The first-order valence-corrected chi connectivity index (χ1v) is 2.64. The Morgan fingerprint density at radius 2 is 2.10 bits per heavy atom. The third-order valence-electron chi connectivity index (χ3n) is 1.04. The molecule has 1 N–H and O–H groups in total. The fourth-order valence-corrected chi connectivity index (χ4v) is 0.584. The number of rotatable bonds is 0. The van der Waals surface area contributed by atoms with E-state index in [9.17, 15) is 9.59 Å². The molecular weight excluding hydrogens is 134 g/mol. The first kappa shape index (κ1) is 6.67. The lowest BCUT2D eigenvalue weighted by Gasteiger charge is -2.07. The van der Waals surface area contributed by atoms with E-state index in [1.807, 2.05) is 0 Å². The molecule has 4 heteroatoms. The lowest BCUT2D eigenvalue weighted by Crippen LogP contribution is -2.27. The third-order valence-corrected chi connectivity index (χ3v) is 1.04. The maximum atomic E-state index is 10.6. The highest BCUT2D eigenvalue weighted by Gasteiger charge is 2.23. The van der Waals surface area contributed by atoms with Gasteiger partial charge in [0.15, 0.2) is 5.71 Å². The summed E-state index contributed by atoms with van der Waals surface area (Å²) in [4.78, 5) is 21.1. The Balaban J connectivity index is 3.01. The quantitative estimate of drug-likeness (QED) is 0.481. The average molecular weight is 139 g/mol. The van der Waals surface area contributed by atoms with Crippen LogP contribution >= 0.6 is 0 Å². The number of hydrogen-bond donors (Lipinski definition) is 1. The van der Waals surface area contributed by atoms with Crippen LogP contribution in [-0.2, 0) is 14.3 Å². The van der Waals surface area contributed by atoms with Crippen molar-refractivity contribution >= 4 is 17.5 Å². The lowest BCUT2D eigenvalue weighted by atomic mass is 10.2. The van der Waals surface area contributed by atoms with Crippen molar-refractivity contribution in [3.8, 4) is 0 Å². The highest BCUT2D eigenvalue weighted by atomic mass is 16.5. The van der Waals surface area contributed by atoms with Crippen molar-refractivity contribution in [1.29, 1.82) is 5.41 Å². The van der Waals surface area contributed by atoms with E-state index in [0.29, 0.717) is 0 Å². The minimum Gasteiger partial charge on any atom is -0.426 e. The summed E-state index contributed by atoms with van der Waals surface area (Å²) in [7, 11) is 0. The Labute approximate surface area is 57.0 Å². The Bertz CT molecular complexity index is 252. The Morgan fingerprint density at radius 1 is 1.50 bits per heavy atom. The number of nitrogens with one attached hydrogen (secondary N) is 1. The molecule has 0 aromatic heterocycles. The minimum absolute atomic E-state index is 0.242. The van der Waals surface area contributed by atoms with E-state index in [1.165, 1.54) is 6.92 Å². The molecule has 0 spiro atoms. The fraction of sp³-hybridized carbons (Fsp3) is 0.167. The topological polar surface area (TPSA) is 67.2 Å². The highest BCUT2D eigenvalue weighted by molar-refractivity contribution is 6.66. The number of ketones is 1. The van der Waals surface area contributed by atoms with Gasteiger partial charge in [0, 0.05) is 6.08 Å². The molecule has 0 unspecified atom stereocenters. The van der Waals surface area contributed by atoms with Crippen LogP contribution in [0.25, 0.3) is 0 Å². The summed E-state index contributed by atoms with van der Waals surface area (Å²) >= 11 is 0. The van der Waals surface area contributed by atoms with Crippen LogP contribution in [0.3, 0.4) is 0 Å². The molecule has 0 aromatic carbocycles. The molecule has 0 saturated heterocycles. The van der Waals surface area contributed by atoms with E-state index in [1.54, 1.807) is 0 Å². The molecule has 0 fully saturated rings. The molecule has 1 aliphatic rings. The monoisotopic (exact) mass is 139 g/mol. The summed E-state index contributed by atoms with van der Waals surface area (Å²) in [5.74, 6) is -1.22. The smallest absolute Gasteiger partial charge is 0.365 e. The van der Waals surface area contributed by atoms with Crippen molar-refractivity contribution in [1.82, 2.24) is 0 Å². The van der Waals surface area contributed by atoms with Crippen molar-refractivity contribution in [2.45, 2.75) is 6.92 Å². The largest absolute Gasteiger partial charge is 0.426 e. The van der Waals surface area contributed by atoms with E-state index in [-0.39, 0.29) is 5.76 Å². The molecule has 1 heterocycles. The van der Waals surface area contributed by atoms with Crippen LogP contribution in [-0.4, -0.2) is 17.5 Å². The van der Waals surface area contributed by atoms with Crippen LogP contribution in [0.1, 0.15) is 6.92 Å². The summed E-state index contributed by atoms with van der Waals surface area (Å²) in [6, 6.07) is 0. The number of ether oxygens (including phenoxy) is 1. The molecule has 1 rings (SSSR count). The Kier molecular flexibility index (Phi) is 1.37. The number of hydrogen-bond acceptors (Lipinski definition) is 4. The van der Waals surface area contributed by atoms with Crippen LogP contribution in [0.2, 0.25) is 0 Å². The first-order chi connectivity index (χ1) is 4.61. The highest BCUT2D eigenvalue weighted by Crippen LogP contribution is 2.04. The van der Waals surface area contributed by atoms with Gasteiger partial charge in [-0.25, -0.2) is 4.79 Å². The van der Waals surface area contributed by atoms with E-state index in [0.717, 1.165) is 6.08 Å². The van der Waals surface area contributed by atoms with Gasteiger partial charge < -0.3 is 4.74 Å². The zero-order valence-electron chi connectivity index (χ0n) is 5.30. The van der Waals surface area contributed by atoms with Gasteiger partial charge in [0.1, 0.15) is 5.76 Å². The van der Waals surface area contributed by atoms with Gasteiger partial charge in [-0.2, -0.15) is 0 Å². The predicted molar refractivity (Wildman–Crippen MR) is 32.6 cm³/mol. The van der Waals surface area contributed by atoms with Gasteiger partial charge in [-0.15, -0.1) is 0 Å². The molecule has 0 aromatic rings. The molecule has 10 heavy (non-hydrogen) atoms. The molecule has 0 atom stereocenters. The molecule has 0 amide bonds. The number of carbonyl (C=O) groups excluding carboxylic acids is 2. The van der Waals surface area contributed by atoms with Crippen molar-refractivity contribution in [2.75, 3.05) is 0 Å². The van der Waals surface area contributed by atoms with E-state index in [4.69, 9.17) is 5.41 Å². The molecular formula is C6H5NO3. The van der Waals surface area contributed by atoms with Crippen molar-refractivity contribution in [2.24, 2.45) is 0 Å². The maximum absolute atomic E-state index is 10.6. The number of carbonyl (C=O) groups is 2. The van der Waals surface area contributed by atoms with E-state index >= 15 is 0 Å². The summed E-state index contributed by atoms with van der Waals surface area (Å²) in [6.45, 7) is 1.49.